The molecule has 0 bridgehead atoms. The molecule has 1 aromatic heterocycles. The minimum atomic E-state index is -0.930. The minimum Gasteiger partial charge on any atom is -0.478 e. The van der Waals surface area contributed by atoms with E-state index in [2.05, 4.69) is 0 Å². The molecule has 2 nitrogen and oxygen atoms in total. The maximum atomic E-state index is 10.5. The van der Waals surface area contributed by atoms with Crippen LogP contribution in [0.2, 0.25) is 0 Å². The summed E-state index contributed by atoms with van der Waals surface area (Å²) in [4.78, 5) is 11.6. The summed E-state index contributed by atoms with van der Waals surface area (Å²) in [5, 5.41) is 10.6. The zero-order chi connectivity index (χ0) is 11.4. The van der Waals surface area contributed by atoms with Crippen molar-refractivity contribution in [1.29, 1.82) is 0 Å². The third-order valence-electron chi connectivity index (χ3n) is 2.15. The fourth-order valence-corrected chi connectivity index (χ4v) is 2.23. The number of rotatable bonds is 3. The second kappa shape index (κ2) is 4.77. The molecule has 0 spiro atoms. The Hall–Kier alpha value is -1.87. The summed E-state index contributed by atoms with van der Waals surface area (Å²) >= 11 is 1.64. The number of benzene rings is 1. The summed E-state index contributed by atoms with van der Waals surface area (Å²) < 4.78 is 0. The highest BCUT2D eigenvalue weighted by Crippen LogP contribution is 2.28. The molecular weight excluding hydrogens is 220 g/mol. The highest BCUT2D eigenvalue weighted by molar-refractivity contribution is 7.13. The molecule has 0 saturated heterocycles. The van der Waals surface area contributed by atoms with E-state index in [1.807, 2.05) is 41.8 Å². The summed E-state index contributed by atoms with van der Waals surface area (Å²) in [6, 6.07) is 11.8. The lowest BCUT2D eigenvalue weighted by Gasteiger charge is -2.02. The molecule has 2 aromatic rings. The smallest absolute Gasteiger partial charge is 0.328 e. The number of hydrogen-bond acceptors (Lipinski definition) is 2. The largest absolute Gasteiger partial charge is 0.478 e. The molecule has 0 aliphatic carbocycles. The maximum Gasteiger partial charge on any atom is 0.328 e. The Morgan fingerprint density at radius 2 is 2.00 bits per heavy atom. The van der Waals surface area contributed by atoms with Crippen LogP contribution in [0.15, 0.2) is 47.9 Å². The van der Waals surface area contributed by atoms with Crippen molar-refractivity contribution < 1.29 is 9.90 Å². The van der Waals surface area contributed by atoms with Gasteiger partial charge in [0.15, 0.2) is 0 Å². The van der Waals surface area contributed by atoms with Crippen LogP contribution in [0, 0.1) is 0 Å². The SMILES string of the molecule is O=C(O)C=Cc1ccccc1-c1cccs1. The highest BCUT2D eigenvalue weighted by Gasteiger charge is 2.02. The standard InChI is InChI=1S/C13H10O2S/c14-13(15)8-7-10-4-1-2-5-11(10)12-6-3-9-16-12/h1-9H,(H,14,15). The summed E-state index contributed by atoms with van der Waals surface area (Å²) in [6.45, 7) is 0. The molecule has 0 unspecified atom stereocenters. The molecule has 16 heavy (non-hydrogen) atoms. The number of aliphatic carboxylic acids is 1. The van der Waals surface area contributed by atoms with Crippen LogP contribution in [0.4, 0.5) is 0 Å². The zero-order valence-electron chi connectivity index (χ0n) is 8.46. The van der Waals surface area contributed by atoms with Gasteiger partial charge in [-0.15, -0.1) is 11.3 Å². The average molecular weight is 230 g/mol. The van der Waals surface area contributed by atoms with E-state index in [-0.39, 0.29) is 0 Å². The number of carboxylic acid groups (broad SMARTS) is 1. The molecule has 1 aromatic carbocycles. The fourth-order valence-electron chi connectivity index (χ4n) is 1.46. The van der Waals surface area contributed by atoms with Crippen LogP contribution in [0.3, 0.4) is 0 Å². The first-order chi connectivity index (χ1) is 7.77. The predicted octanol–water partition coefficient (Wildman–Crippen LogP) is 3.51. The first kappa shape index (κ1) is 10.6. The lowest BCUT2D eigenvalue weighted by atomic mass is 10.1. The molecule has 1 heterocycles. The second-order valence-corrected chi connectivity index (χ2v) is 4.18. The van der Waals surface area contributed by atoms with Crippen molar-refractivity contribution in [1.82, 2.24) is 0 Å². The van der Waals surface area contributed by atoms with E-state index < -0.39 is 5.97 Å². The average Bonchev–Trinajstić information content (AvgIpc) is 2.80. The molecule has 3 heteroatoms. The summed E-state index contributed by atoms with van der Waals surface area (Å²) in [6.07, 6.45) is 2.78. The second-order valence-electron chi connectivity index (χ2n) is 3.24. The van der Waals surface area contributed by atoms with Crippen LogP contribution in [0.25, 0.3) is 16.5 Å². The van der Waals surface area contributed by atoms with Crippen molar-refractivity contribution in [2.45, 2.75) is 0 Å². The Kier molecular flexibility index (Phi) is 3.17. The molecule has 80 valence electrons. The first-order valence-electron chi connectivity index (χ1n) is 4.81. The van der Waals surface area contributed by atoms with Gasteiger partial charge >= 0.3 is 5.97 Å². The summed E-state index contributed by atoms with van der Waals surface area (Å²) in [7, 11) is 0. The van der Waals surface area contributed by atoms with Gasteiger partial charge in [0.25, 0.3) is 0 Å². The molecule has 1 N–H and O–H groups in total. The van der Waals surface area contributed by atoms with E-state index in [4.69, 9.17) is 5.11 Å². The maximum absolute atomic E-state index is 10.5. The Labute approximate surface area is 97.5 Å². The number of thiophene rings is 1. The van der Waals surface area contributed by atoms with Gasteiger partial charge < -0.3 is 5.11 Å². The number of hydrogen-bond donors (Lipinski definition) is 1. The monoisotopic (exact) mass is 230 g/mol. The summed E-state index contributed by atoms with van der Waals surface area (Å²) in [5.74, 6) is -0.930. The van der Waals surface area contributed by atoms with Crippen LogP contribution in [-0.4, -0.2) is 11.1 Å². The van der Waals surface area contributed by atoms with Crippen molar-refractivity contribution in [2.75, 3.05) is 0 Å². The Morgan fingerprint density at radius 1 is 1.19 bits per heavy atom. The quantitative estimate of drug-likeness (QED) is 0.819. The van der Waals surface area contributed by atoms with Gasteiger partial charge in [0.2, 0.25) is 0 Å². The van der Waals surface area contributed by atoms with E-state index in [1.54, 1.807) is 17.4 Å². The Morgan fingerprint density at radius 3 is 2.69 bits per heavy atom. The third-order valence-corrected chi connectivity index (χ3v) is 3.06. The van der Waals surface area contributed by atoms with E-state index in [9.17, 15) is 4.79 Å². The van der Waals surface area contributed by atoms with Gasteiger partial charge in [-0.25, -0.2) is 4.79 Å². The van der Waals surface area contributed by atoms with Gasteiger partial charge in [0.05, 0.1) is 0 Å². The zero-order valence-corrected chi connectivity index (χ0v) is 9.28. The van der Waals surface area contributed by atoms with E-state index in [1.165, 1.54) is 0 Å². The first-order valence-corrected chi connectivity index (χ1v) is 5.69. The molecule has 0 amide bonds. The van der Waals surface area contributed by atoms with E-state index in [0.717, 1.165) is 22.1 Å². The van der Waals surface area contributed by atoms with Gasteiger partial charge in [-0.2, -0.15) is 0 Å². The van der Waals surface area contributed by atoms with Crippen molar-refractivity contribution in [3.05, 3.63) is 53.4 Å². The Balaban J connectivity index is 2.42. The number of carbonyl (C=O) groups is 1. The normalized spacial score (nSPS) is 10.8. The molecule has 0 atom stereocenters. The van der Waals surface area contributed by atoms with Crippen molar-refractivity contribution in [3.63, 3.8) is 0 Å². The molecule has 0 fully saturated rings. The van der Waals surface area contributed by atoms with E-state index in [0.29, 0.717) is 0 Å². The van der Waals surface area contributed by atoms with Crippen molar-refractivity contribution in [2.24, 2.45) is 0 Å². The molecule has 2 rings (SSSR count). The van der Waals surface area contributed by atoms with Gasteiger partial charge in [-0.1, -0.05) is 30.3 Å². The Bertz CT molecular complexity index is 512. The van der Waals surface area contributed by atoms with E-state index >= 15 is 0 Å². The lowest BCUT2D eigenvalue weighted by molar-refractivity contribution is -0.131. The van der Waals surface area contributed by atoms with Crippen LogP contribution in [-0.2, 0) is 4.79 Å². The van der Waals surface area contributed by atoms with Gasteiger partial charge in [-0.05, 0) is 28.6 Å². The molecule has 0 saturated carbocycles. The van der Waals surface area contributed by atoms with Crippen LogP contribution in [0.5, 0.6) is 0 Å². The highest BCUT2D eigenvalue weighted by atomic mass is 32.1. The topological polar surface area (TPSA) is 37.3 Å². The predicted molar refractivity (Wildman–Crippen MR) is 66.4 cm³/mol. The minimum absolute atomic E-state index is 0.923. The van der Waals surface area contributed by atoms with Gasteiger partial charge in [-0.3, -0.25) is 0 Å². The van der Waals surface area contributed by atoms with Crippen LogP contribution < -0.4 is 0 Å². The van der Waals surface area contributed by atoms with Crippen molar-refractivity contribution in [3.8, 4) is 10.4 Å². The van der Waals surface area contributed by atoms with Crippen LogP contribution >= 0.6 is 11.3 Å². The van der Waals surface area contributed by atoms with Crippen molar-refractivity contribution >= 4 is 23.4 Å². The van der Waals surface area contributed by atoms with Gasteiger partial charge in [0, 0.05) is 11.0 Å². The summed E-state index contributed by atoms with van der Waals surface area (Å²) in [5.41, 5.74) is 1.99. The third kappa shape index (κ3) is 2.38. The fraction of sp³-hybridized carbons (Fsp3) is 0. The molecule has 0 aliphatic rings. The molecular formula is C13H10O2S. The molecule has 0 aliphatic heterocycles. The number of carboxylic acids is 1. The van der Waals surface area contributed by atoms with Crippen LogP contribution in [0.1, 0.15) is 5.56 Å². The molecule has 0 radical (unpaired) electrons. The van der Waals surface area contributed by atoms with Gasteiger partial charge in [0.1, 0.15) is 0 Å². The lowest BCUT2D eigenvalue weighted by Crippen LogP contribution is -1.86.